The number of piperazine rings is 1. The largest absolute Gasteiger partial charge is 0.394 e. The highest BCUT2D eigenvalue weighted by atomic mass is 16.3. The van der Waals surface area contributed by atoms with E-state index in [-0.39, 0.29) is 18.6 Å². The van der Waals surface area contributed by atoms with E-state index in [4.69, 9.17) is 0 Å². The molecule has 2 rings (SSSR count). The number of nitrogens with zero attached hydrogens (tertiary/aromatic N) is 1. The summed E-state index contributed by atoms with van der Waals surface area (Å²) in [6.45, 7) is 4.03. The lowest BCUT2D eigenvalue weighted by Crippen LogP contribution is -2.49. The summed E-state index contributed by atoms with van der Waals surface area (Å²) < 4.78 is 0. The molecule has 1 aromatic carbocycles. The van der Waals surface area contributed by atoms with Gasteiger partial charge in [0.05, 0.1) is 19.2 Å². The van der Waals surface area contributed by atoms with Crippen molar-refractivity contribution in [2.45, 2.75) is 12.5 Å². The summed E-state index contributed by atoms with van der Waals surface area (Å²) in [7, 11) is 0. The van der Waals surface area contributed by atoms with Crippen LogP contribution >= 0.6 is 0 Å². The van der Waals surface area contributed by atoms with Gasteiger partial charge in [-0.15, -0.1) is 0 Å². The van der Waals surface area contributed by atoms with Gasteiger partial charge >= 0.3 is 0 Å². The van der Waals surface area contributed by atoms with Gasteiger partial charge in [-0.1, -0.05) is 30.3 Å². The number of amides is 1. The zero-order valence-electron chi connectivity index (χ0n) is 11.7. The van der Waals surface area contributed by atoms with E-state index in [1.54, 1.807) is 0 Å². The van der Waals surface area contributed by atoms with Gasteiger partial charge in [0.2, 0.25) is 5.91 Å². The Morgan fingerprint density at radius 2 is 2.00 bits per heavy atom. The van der Waals surface area contributed by atoms with Gasteiger partial charge in [-0.05, 0) is 12.0 Å². The summed E-state index contributed by atoms with van der Waals surface area (Å²) in [4.78, 5) is 14.1. The first-order valence-electron chi connectivity index (χ1n) is 7.15. The Hall–Kier alpha value is -1.43. The summed E-state index contributed by atoms with van der Waals surface area (Å²) in [6.07, 6.45) is 0.657. The van der Waals surface area contributed by atoms with Crippen LogP contribution in [0.4, 0.5) is 0 Å². The average Bonchev–Trinajstić information content (AvgIpc) is 2.48. The normalized spacial score (nSPS) is 17.6. The number of benzene rings is 1. The van der Waals surface area contributed by atoms with Crippen LogP contribution in [0.3, 0.4) is 0 Å². The van der Waals surface area contributed by atoms with Gasteiger partial charge in [-0.25, -0.2) is 0 Å². The highest BCUT2D eigenvalue weighted by Crippen LogP contribution is 2.03. The number of aliphatic hydroxyl groups is 1. The molecule has 110 valence electrons. The molecule has 0 aromatic heterocycles. The molecule has 5 heteroatoms. The maximum atomic E-state index is 12.0. The Morgan fingerprint density at radius 3 is 2.65 bits per heavy atom. The van der Waals surface area contributed by atoms with Gasteiger partial charge in [0, 0.05) is 26.2 Å². The quantitative estimate of drug-likeness (QED) is 0.663. The topological polar surface area (TPSA) is 64.6 Å². The zero-order chi connectivity index (χ0) is 14.2. The fourth-order valence-electron chi connectivity index (χ4n) is 2.41. The summed E-state index contributed by atoms with van der Waals surface area (Å²) >= 11 is 0. The van der Waals surface area contributed by atoms with Gasteiger partial charge in [0.25, 0.3) is 0 Å². The third-order valence-electron chi connectivity index (χ3n) is 3.49. The summed E-state index contributed by atoms with van der Waals surface area (Å²) in [5.41, 5.74) is 1.12. The van der Waals surface area contributed by atoms with E-state index < -0.39 is 0 Å². The van der Waals surface area contributed by atoms with Crippen molar-refractivity contribution in [2.75, 3.05) is 39.3 Å². The molecule has 20 heavy (non-hydrogen) atoms. The van der Waals surface area contributed by atoms with E-state index in [9.17, 15) is 9.90 Å². The Labute approximate surface area is 120 Å². The molecule has 0 radical (unpaired) electrons. The molecular weight excluding hydrogens is 254 g/mol. The number of hydrogen-bond acceptors (Lipinski definition) is 4. The summed E-state index contributed by atoms with van der Waals surface area (Å²) in [5, 5.41) is 15.6. The van der Waals surface area contributed by atoms with Crippen LogP contribution in [0.5, 0.6) is 0 Å². The maximum Gasteiger partial charge on any atom is 0.234 e. The maximum absolute atomic E-state index is 12.0. The van der Waals surface area contributed by atoms with E-state index in [2.05, 4.69) is 15.5 Å². The molecule has 5 nitrogen and oxygen atoms in total. The number of carbonyl (C=O) groups is 1. The van der Waals surface area contributed by atoms with Crippen molar-refractivity contribution in [3.63, 3.8) is 0 Å². The van der Waals surface area contributed by atoms with E-state index >= 15 is 0 Å². The Balaban J connectivity index is 1.78. The second kappa shape index (κ2) is 7.99. The number of aliphatic hydroxyl groups excluding tert-OH is 1. The number of hydrogen-bond donors (Lipinski definition) is 3. The molecular formula is C15H23N3O2. The van der Waals surface area contributed by atoms with Crippen LogP contribution in [-0.2, 0) is 11.2 Å². The van der Waals surface area contributed by atoms with Gasteiger partial charge in [0.1, 0.15) is 0 Å². The minimum atomic E-state index is -0.215. The number of rotatable bonds is 6. The van der Waals surface area contributed by atoms with Crippen molar-refractivity contribution in [1.29, 1.82) is 0 Å². The fourth-order valence-corrected chi connectivity index (χ4v) is 2.41. The number of carbonyl (C=O) groups excluding carboxylic acids is 1. The standard InChI is InChI=1S/C15H23N3O2/c19-12-14(10-13-4-2-1-3-5-13)17-15(20)11-18-8-6-16-7-9-18/h1-5,14,16,19H,6-12H2,(H,17,20)/t14-/m0/s1. The second-order valence-corrected chi connectivity index (χ2v) is 5.16. The van der Waals surface area contributed by atoms with Crippen LogP contribution in [0.25, 0.3) is 0 Å². The molecule has 1 saturated heterocycles. The zero-order valence-corrected chi connectivity index (χ0v) is 11.7. The molecule has 0 aliphatic carbocycles. The predicted molar refractivity (Wildman–Crippen MR) is 78.5 cm³/mol. The van der Waals surface area contributed by atoms with Crippen molar-refractivity contribution in [3.05, 3.63) is 35.9 Å². The first-order valence-corrected chi connectivity index (χ1v) is 7.15. The smallest absolute Gasteiger partial charge is 0.234 e. The number of nitrogens with one attached hydrogen (secondary N) is 2. The monoisotopic (exact) mass is 277 g/mol. The average molecular weight is 277 g/mol. The Bertz CT molecular complexity index is 405. The third kappa shape index (κ3) is 4.92. The molecule has 1 atom stereocenters. The highest BCUT2D eigenvalue weighted by molar-refractivity contribution is 5.78. The van der Waals surface area contributed by atoms with Crippen molar-refractivity contribution in [2.24, 2.45) is 0 Å². The fraction of sp³-hybridized carbons (Fsp3) is 0.533. The SMILES string of the molecule is O=C(CN1CCNCC1)N[C@H](CO)Cc1ccccc1. The van der Waals surface area contributed by atoms with Crippen molar-refractivity contribution >= 4 is 5.91 Å². The molecule has 0 saturated carbocycles. The van der Waals surface area contributed by atoms with Crippen LogP contribution in [0.2, 0.25) is 0 Å². The molecule has 1 heterocycles. The second-order valence-electron chi connectivity index (χ2n) is 5.16. The molecule has 1 aliphatic heterocycles. The lowest BCUT2D eigenvalue weighted by Gasteiger charge is -2.27. The highest BCUT2D eigenvalue weighted by Gasteiger charge is 2.16. The lowest BCUT2D eigenvalue weighted by molar-refractivity contribution is -0.123. The van der Waals surface area contributed by atoms with Crippen LogP contribution in [0.15, 0.2) is 30.3 Å². The van der Waals surface area contributed by atoms with Crippen molar-refractivity contribution < 1.29 is 9.90 Å². The minimum Gasteiger partial charge on any atom is -0.394 e. The van der Waals surface area contributed by atoms with Crippen molar-refractivity contribution in [1.82, 2.24) is 15.5 Å². The summed E-state index contributed by atoms with van der Waals surface area (Å²) in [5.74, 6) is -0.0121. The van der Waals surface area contributed by atoms with Crippen LogP contribution < -0.4 is 10.6 Å². The van der Waals surface area contributed by atoms with Crippen LogP contribution in [0.1, 0.15) is 5.56 Å². The van der Waals surface area contributed by atoms with E-state index in [1.807, 2.05) is 30.3 Å². The van der Waals surface area contributed by atoms with Crippen LogP contribution in [-0.4, -0.2) is 61.3 Å². The first kappa shape index (κ1) is 15.0. The molecule has 1 amide bonds. The Kier molecular flexibility index (Phi) is 5.98. The van der Waals surface area contributed by atoms with E-state index in [0.29, 0.717) is 13.0 Å². The molecule has 1 aromatic rings. The molecule has 0 bridgehead atoms. The molecule has 3 N–H and O–H groups in total. The van der Waals surface area contributed by atoms with Crippen LogP contribution in [0, 0.1) is 0 Å². The lowest BCUT2D eigenvalue weighted by atomic mass is 10.1. The predicted octanol–water partition coefficient (Wildman–Crippen LogP) is -0.389. The van der Waals surface area contributed by atoms with Crippen molar-refractivity contribution in [3.8, 4) is 0 Å². The third-order valence-corrected chi connectivity index (χ3v) is 3.49. The Morgan fingerprint density at radius 1 is 1.30 bits per heavy atom. The molecule has 1 aliphatic rings. The van der Waals surface area contributed by atoms with Gasteiger partial charge in [-0.2, -0.15) is 0 Å². The van der Waals surface area contributed by atoms with E-state index in [0.717, 1.165) is 31.7 Å². The summed E-state index contributed by atoms with van der Waals surface area (Å²) in [6, 6.07) is 9.68. The van der Waals surface area contributed by atoms with Gasteiger partial charge in [-0.3, -0.25) is 9.69 Å². The molecule has 0 unspecified atom stereocenters. The molecule has 1 fully saturated rings. The minimum absolute atomic E-state index is 0.0121. The van der Waals surface area contributed by atoms with Gasteiger partial charge < -0.3 is 15.7 Å². The first-order chi connectivity index (χ1) is 9.78. The van der Waals surface area contributed by atoms with E-state index in [1.165, 1.54) is 0 Å². The molecule has 0 spiro atoms. The van der Waals surface area contributed by atoms with Gasteiger partial charge in [0.15, 0.2) is 0 Å².